The van der Waals surface area contributed by atoms with Gasteiger partial charge in [-0.05, 0) is 38.5 Å². The van der Waals surface area contributed by atoms with Gasteiger partial charge in [0.2, 0.25) is 0 Å². The van der Waals surface area contributed by atoms with E-state index in [0.29, 0.717) is 5.92 Å². The Bertz CT molecular complexity index is 375. The minimum absolute atomic E-state index is 0.119. The molecule has 0 aromatic carbocycles. The summed E-state index contributed by atoms with van der Waals surface area (Å²) in [6, 6.07) is 0. The van der Waals surface area contributed by atoms with Crippen molar-refractivity contribution in [2.24, 2.45) is 13.0 Å². The Morgan fingerprint density at radius 2 is 2.25 bits per heavy atom. The predicted octanol–water partition coefficient (Wildman–Crippen LogP) is 2.48. The van der Waals surface area contributed by atoms with Crippen molar-refractivity contribution in [3.05, 3.63) is 16.4 Å². The average Bonchev–Trinajstić information content (AvgIpc) is 2.45. The lowest BCUT2D eigenvalue weighted by molar-refractivity contribution is 0.100. The summed E-state index contributed by atoms with van der Waals surface area (Å²) in [6.07, 6.45) is 4.99. The molecule has 4 heteroatoms. The first-order valence-corrected chi connectivity index (χ1v) is 6.31. The van der Waals surface area contributed by atoms with Crippen LogP contribution in [0.5, 0.6) is 0 Å². The summed E-state index contributed by atoms with van der Waals surface area (Å²) in [5.41, 5.74) is 2.01. The quantitative estimate of drug-likeness (QED) is 0.865. The molecule has 0 saturated heterocycles. The third kappa shape index (κ3) is 2.41. The Hall–Kier alpha value is -0.540. The molecule has 0 aliphatic heterocycles. The molecule has 1 heterocycles. The molecule has 90 valence electrons. The van der Waals surface area contributed by atoms with Crippen molar-refractivity contribution >= 4 is 11.6 Å². The molecule has 2 unspecified atom stereocenters. The highest BCUT2D eigenvalue weighted by Gasteiger charge is 2.23. The zero-order valence-electron chi connectivity index (χ0n) is 9.91. The Kier molecular flexibility index (Phi) is 3.55. The van der Waals surface area contributed by atoms with Crippen LogP contribution in [0, 0.1) is 12.8 Å². The zero-order valence-corrected chi connectivity index (χ0v) is 10.7. The Balaban J connectivity index is 2.08. The summed E-state index contributed by atoms with van der Waals surface area (Å²) in [6.45, 7) is 1.93. The summed E-state index contributed by atoms with van der Waals surface area (Å²) < 4.78 is 1.87. The van der Waals surface area contributed by atoms with Crippen LogP contribution in [0.3, 0.4) is 0 Å². The van der Waals surface area contributed by atoms with Gasteiger partial charge in [0.05, 0.1) is 22.5 Å². The molecular formula is C12H19ClN2O. The van der Waals surface area contributed by atoms with Gasteiger partial charge >= 0.3 is 0 Å². The van der Waals surface area contributed by atoms with Gasteiger partial charge in [0, 0.05) is 7.05 Å². The Labute approximate surface area is 101 Å². The molecule has 1 aromatic rings. The van der Waals surface area contributed by atoms with Crippen molar-refractivity contribution in [2.75, 3.05) is 0 Å². The molecule has 3 nitrogen and oxygen atoms in total. The number of aliphatic hydroxyl groups excluding tert-OH is 1. The van der Waals surface area contributed by atoms with E-state index in [0.717, 1.165) is 42.1 Å². The van der Waals surface area contributed by atoms with Crippen molar-refractivity contribution < 1.29 is 5.11 Å². The maximum atomic E-state index is 9.65. The van der Waals surface area contributed by atoms with Crippen molar-refractivity contribution in [3.63, 3.8) is 0 Å². The van der Waals surface area contributed by atoms with Gasteiger partial charge in [0.25, 0.3) is 0 Å². The molecule has 1 N–H and O–H groups in total. The average molecular weight is 243 g/mol. The highest BCUT2D eigenvalue weighted by Crippen LogP contribution is 2.30. The second kappa shape index (κ2) is 4.76. The van der Waals surface area contributed by atoms with Gasteiger partial charge in [0.1, 0.15) is 0 Å². The molecule has 2 rings (SSSR count). The van der Waals surface area contributed by atoms with Crippen LogP contribution in [0.4, 0.5) is 0 Å². The summed E-state index contributed by atoms with van der Waals surface area (Å²) in [4.78, 5) is 0. The minimum Gasteiger partial charge on any atom is -0.393 e. The highest BCUT2D eigenvalue weighted by molar-refractivity contribution is 6.31. The second-order valence-corrected chi connectivity index (χ2v) is 5.24. The first-order chi connectivity index (χ1) is 7.58. The highest BCUT2D eigenvalue weighted by atomic mass is 35.5. The first kappa shape index (κ1) is 11.9. The lowest BCUT2D eigenvalue weighted by Gasteiger charge is -2.25. The number of halogens is 1. The van der Waals surface area contributed by atoms with Crippen LogP contribution < -0.4 is 0 Å². The van der Waals surface area contributed by atoms with Gasteiger partial charge in [-0.3, -0.25) is 4.68 Å². The van der Waals surface area contributed by atoms with Crippen LogP contribution in [-0.2, 0) is 13.5 Å². The largest absolute Gasteiger partial charge is 0.393 e. The van der Waals surface area contributed by atoms with E-state index in [9.17, 15) is 5.11 Å². The molecule has 0 bridgehead atoms. The van der Waals surface area contributed by atoms with E-state index in [2.05, 4.69) is 5.10 Å². The Morgan fingerprint density at radius 3 is 2.81 bits per heavy atom. The van der Waals surface area contributed by atoms with Crippen LogP contribution >= 0.6 is 11.6 Å². The van der Waals surface area contributed by atoms with Crippen LogP contribution in [-0.4, -0.2) is 21.0 Å². The van der Waals surface area contributed by atoms with Gasteiger partial charge in [-0.15, -0.1) is 0 Å². The number of hydrogen-bond donors (Lipinski definition) is 1. The van der Waals surface area contributed by atoms with Crippen molar-refractivity contribution in [1.82, 2.24) is 9.78 Å². The fraction of sp³-hybridized carbons (Fsp3) is 0.750. The van der Waals surface area contributed by atoms with E-state index >= 15 is 0 Å². The van der Waals surface area contributed by atoms with Gasteiger partial charge < -0.3 is 5.11 Å². The number of hydrogen-bond acceptors (Lipinski definition) is 2. The number of nitrogens with zero attached hydrogens (tertiary/aromatic N) is 2. The molecule has 1 aromatic heterocycles. The fourth-order valence-corrected chi connectivity index (χ4v) is 2.86. The standard InChI is InChI=1S/C12H19ClN2O/c1-8-12(13)11(15(2)14-8)7-9-4-3-5-10(16)6-9/h9-10,16H,3-7H2,1-2H3. The number of rotatable bonds is 2. The summed E-state index contributed by atoms with van der Waals surface area (Å²) in [5, 5.41) is 14.8. The SMILES string of the molecule is Cc1nn(C)c(CC2CCCC(O)C2)c1Cl. The summed E-state index contributed by atoms with van der Waals surface area (Å²) >= 11 is 6.22. The van der Waals surface area contributed by atoms with Crippen LogP contribution in [0.1, 0.15) is 37.1 Å². The van der Waals surface area contributed by atoms with Crippen LogP contribution in [0.15, 0.2) is 0 Å². The second-order valence-electron chi connectivity index (χ2n) is 4.86. The predicted molar refractivity (Wildman–Crippen MR) is 64.6 cm³/mol. The number of aromatic nitrogens is 2. The maximum Gasteiger partial charge on any atom is 0.0847 e. The van der Waals surface area contributed by atoms with Gasteiger partial charge in [-0.25, -0.2) is 0 Å². The van der Waals surface area contributed by atoms with E-state index in [1.807, 2.05) is 18.7 Å². The van der Waals surface area contributed by atoms with Crippen LogP contribution in [0.25, 0.3) is 0 Å². The molecular weight excluding hydrogens is 224 g/mol. The van der Waals surface area contributed by atoms with E-state index in [-0.39, 0.29) is 6.10 Å². The lowest BCUT2D eigenvalue weighted by Crippen LogP contribution is -2.21. The monoisotopic (exact) mass is 242 g/mol. The maximum absolute atomic E-state index is 9.65. The zero-order chi connectivity index (χ0) is 11.7. The number of aryl methyl sites for hydroxylation is 2. The Morgan fingerprint density at radius 1 is 1.50 bits per heavy atom. The third-order valence-electron chi connectivity index (χ3n) is 3.50. The number of aliphatic hydroxyl groups is 1. The topological polar surface area (TPSA) is 38.0 Å². The molecule has 1 fully saturated rings. The van der Waals surface area contributed by atoms with Gasteiger partial charge in [-0.1, -0.05) is 18.0 Å². The van der Waals surface area contributed by atoms with E-state index in [1.165, 1.54) is 6.42 Å². The molecule has 0 spiro atoms. The fourth-order valence-electron chi connectivity index (χ4n) is 2.62. The van der Waals surface area contributed by atoms with Gasteiger partial charge in [-0.2, -0.15) is 5.10 Å². The van der Waals surface area contributed by atoms with Crippen molar-refractivity contribution in [3.8, 4) is 0 Å². The van der Waals surface area contributed by atoms with E-state index < -0.39 is 0 Å². The third-order valence-corrected chi connectivity index (χ3v) is 3.99. The van der Waals surface area contributed by atoms with Crippen molar-refractivity contribution in [1.29, 1.82) is 0 Å². The molecule has 0 amide bonds. The van der Waals surface area contributed by atoms with E-state index in [1.54, 1.807) is 0 Å². The smallest absolute Gasteiger partial charge is 0.0847 e. The molecule has 0 radical (unpaired) electrons. The molecule has 1 saturated carbocycles. The lowest BCUT2D eigenvalue weighted by atomic mass is 9.84. The first-order valence-electron chi connectivity index (χ1n) is 5.94. The van der Waals surface area contributed by atoms with E-state index in [4.69, 9.17) is 11.6 Å². The van der Waals surface area contributed by atoms with Gasteiger partial charge in [0.15, 0.2) is 0 Å². The minimum atomic E-state index is -0.119. The normalized spacial score (nSPS) is 26.0. The molecule has 2 atom stereocenters. The summed E-state index contributed by atoms with van der Waals surface area (Å²) in [5.74, 6) is 0.552. The molecule has 1 aliphatic carbocycles. The van der Waals surface area contributed by atoms with Crippen LogP contribution in [0.2, 0.25) is 5.02 Å². The summed E-state index contributed by atoms with van der Waals surface area (Å²) in [7, 11) is 1.94. The van der Waals surface area contributed by atoms with Crippen molar-refractivity contribution in [2.45, 2.75) is 45.1 Å². The molecule has 1 aliphatic rings. The molecule has 16 heavy (non-hydrogen) atoms.